The van der Waals surface area contributed by atoms with Gasteiger partial charge in [-0.1, -0.05) is 18.7 Å². The van der Waals surface area contributed by atoms with Gasteiger partial charge in [0.05, 0.1) is 31.5 Å². The average Bonchev–Trinajstić information content (AvgIpc) is 3.81. The predicted molar refractivity (Wildman–Crippen MR) is 148 cm³/mol. The van der Waals surface area contributed by atoms with E-state index in [0.29, 0.717) is 53.8 Å². The van der Waals surface area contributed by atoms with Crippen molar-refractivity contribution in [1.29, 1.82) is 0 Å². The zero-order chi connectivity index (χ0) is 28.5. The van der Waals surface area contributed by atoms with Crippen LogP contribution in [-0.2, 0) is 9.53 Å². The van der Waals surface area contributed by atoms with Gasteiger partial charge in [-0.15, -0.1) is 0 Å². The maximum Gasteiger partial charge on any atom is 0.343 e. The van der Waals surface area contributed by atoms with Crippen molar-refractivity contribution in [3.8, 4) is 23.0 Å². The molecule has 1 aliphatic rings. The SMILES string of the molecule is C=C(C)C(=O)OCCCCOc1ccc(C(=O)Oc2ccc(C(=O)Oc3ccc(C4CC4)cc3)cc2)cc1OC. The van der Waals surface area contributed by atoms with E-state index >= 15 is 0 Å². The number of benzene rings is 3. The molecule has 4 rings (SSSR count). The molecule has 0 unspecified atom stereocenters. The molecular formula is C32H32O8. The third-order valence-corrected chi connectivity index (χ3v) is 6.22. The van der Waals surface area contributed by atoms with Crippen molar-refractivity contribution in [1.82, 2.24) is 0 Å². The minimum absolute atomic E-state index is 0.272. The number of hydrogen-bond donors (Lipinski definition) is 0. The van der Waals surface area contributed by atoms with Crippen LogP contribution < -0.4 is 18.9 Å². The van der Waals surface area contributed by atoms with Crippen LogP contribution in [0.25, 0.3) is 0 Å². The van der Waals surface area contributed by atoms with Gasteiger partial charge in [-0.3, -0.25) is 0 Å². The summed E-state index contributed by atoms with van der Waals surface area (Å²) in [5.74, 6) is 0.760. The smallest absolute Gasteiger partial charge is 0.343 e. The topological polar surface area (TPSA) is 97.4 Å². The van der Waals surface area contributed by atoms with Gasteiger partial charge in [0.25, 0.3) is 0 Å². The molecule has 0 aliphatic heterocycles. The second-order valence-corrected chi connectivity index (χ2v) is 9.48. The molecule has 0 radical (unpaired) electrons. The second-order valence-electron chi connectivity index (χ2n) is 9.48. The van der Waals surface area contributed by atoms with Gasteiger partial charge >= 0.3 is 17.9 Å². The number of unbranched alkanes of at least 4 members (excludes halogenated alkanes) is 1. The van der Waals surface area contributed by atoms with Crippen molar-refractivity contribution in [2.24, 2.45) is 0 Å². The van der Waals surface area contributed by atoms with Crippen LogP contribution in [0.4, 0.5) is 0 Å². The number of rotatable bonds is 13. The molecule has 208 valence electrons. The summed E-state index contributed by atoms with van der Waals surface area (Å²) in [6, 6.07) is 18.5. The lowest BCUT2D eigenvalue weighted by molar-refractivity contribution is -0.139. The van der Waals surface area contributed by atoms with E-state index in [1.807, 2.05) is 12.1 Å². The van der Waals surface area contributed by atoms with Gasteiger partial charge in [-0.2, -0.15) is 0 Å². The summed E-state index contributed by atoms with van der Waals surface area (Å²) in [5.41, 5.74) is 2.24. The molecule has 3 aromatic rings. The molecule has 0 aromatic heterocycles. The highest BCUT2D eigenvalue weighted by Crippen LogP contribution is 2.40. The Morgan fingerprint density at radius 2 is 1.35 bits per heavy atom. The molecule has 0 saturated heterocycles. The number of hydrogen-bond acceptors (Lipinski definition) is 8. The first kappa shape index (κ1) is 28.4. The van der Waals surface area contributed by atoms with Crippen molar-refractivity contribution in [2.75, 3.05) is 20.3 Å². The van der Waals surface area contributed by atoms with Crippen LogP contribution in [-0.4, -0.2) is 38.2 Å². The molecule has 0 bridgehead atoms. The number of esters is 3. The first-order valence-electron chi connectivity index (χ1n) is 13.1. The molecule has 0 atom stereocenters. The molecule has 0 N–H and O–H groups in total. The molecule has 0 heterocycles. The minimum atomic E-state index is -0.588. The van der Waals surface area contributed by atoms with Crippen LogP contribution in [0.3, 0.4) is 0 Å². The molecule has 8 nitrogen and oxygen atoms in total. The summed E-state index contributed by atoms with van der Waals surface area (Å²) >= 11 is 0. The molecular weight excluding hydrogens is 512 g/mol. The Balaban J connectivity index is 1.26. The highest BCUT2D eigenvalue weighted by molar-refractivity contribution is 5.93. The van der Waals surface area contributed by atoms with Gasteiger partial charge in [0.15, 0.2) is 11.5 Å². The molecule has 1 fully saturated rings. The van der Waals surface area contributed by atoms with Crippen LogP contribution in [0.15, 0.2) is 78.9 Å². The van der Waals surface area contributed by atoms with Crippen LogP contribution in [0, 0.1) is 0 Å². The summed E-state index contributed by atoms with van der Waals surface area (Å²) in [4.78, 5) is 36.6. The molecule has 1 aliphatic carbocycles. The van der Waals surface area contributed by atoms with Crippen molar-refractivity contribution < 1.29 is 38.1 Å². The predicted octanol–water partition coefficient (Wildman–Crippen LogP) is 6.29. The summed E-state index contributed by atoms with van der Waals surface area (Å²) in [5, 5.41) is 0. The lowest BCUT2D eigenvalue weighted by Gasteiger charge is -2.12. The lowest BCUT2D eigenvalue weighted by atomic mass is 10.1. The summed E-state index contributed by atoms with van der Waals surface area (Å²) in [7, 11) is 1.48. The van der Waals surface area contributed by atoms with E-state index in [9.17, 15) is 14.4 Å². The van der Waals surface area contributed by atoms with Crippen molar-refractivity contribution >= 4 is 17.9 Å². The molecule has 0 spiro atoms. The fraction of sp³-hybridized carbons (Fsp3) is 0.281. The zero-order valence-electron chi connectivity index (χ0n) is 22.6. The Kier molecular flexibility index (Phi) is 9.57. The standard InChI is InChI=1S/C32H32O8/c1-21(2)30(33)38-19-5-4-18-37-28-17-12-25(20-29(28)36-3)32(35)40-27-15-10-24(11-16-27)31(34)39-26-13-8-23(9-14-26)22-6-7-22/h8-17,20,22H,1,4-7,18-19H2,2-3H3. The van der Waals surface area contributed by atoms with E-state index < -0.39 is 17.9 Å². The molecule has 3 aromatic carbocycles. The van der Waals surface area contributed by atoms with E-state index in [2.05, 4.69) is 6.58 Å². The molecule has 0 amide bonds. The van der Waals surface area contributed by atoms with Crippen LogP contribution >= 0.6 is 0 Å². The Labute approximate surface area is 233 Å². The van der Waals surface area contributed by atoms with E-state index in [1.54, 1.807) is 43.3 Å². The van der Waals surface area contributed by atoms with Gasteiger partial charge in [-0.05, 0) is 98.7 Å². The average molecular weight is 545 g/mol. The highest BCUT2D eigenvalue weighted by atomic mass is 16.5. The monoisotopic (exact) mass is 544 g/mol. The van der Waals surface area contributed by atoms with E-state index in [1.165, 1.54) is 43.7 Å². The molecule has 40 heavy (non-hydrogen) atoms. The highest BCUT2D eigenvalue weighted by Gasteiger charge is 2.23. The Hall–Kier alpha value is -4.59. The Morgan fingerprint density at radius 1 is 0.775 bits per heavy atom. The quantitative estimate of drug-likeness (QED) is 0.107. The molecule has 1 saturated carbocycles. The second kappa shape index (κ2) is 13.5. The number of methoxy groups -OCH3 is 1. The van der Waals surface area contributed by atoms with Crippen LogP contribution in [0.2, 0.25) is 0 Å². The van der Waals surface area contributed by atoms with E-state index in [0.717, 1.165) is 0 Å². The van der Waals surface area contributed by atoms with Crippen LogP contribution in [0.5, 0.6) is 23.0 Å². The summed E-state index contributed by atoms with van der Waals surface area (Å²) < 4.78 is 27.1. The third-order valence-electron chi connectivity index (χ3n) is 6.22. The van der Waals surface area contributed by atoms with E-state index in [-0.39, 0.29) is 17.9 Å². The Bertz CT molecular complexity index is 1350. The number of carbonyl (C=O) groups is 3. The normalized spacial score (nSPS) is 12.2. The first-order chi connectivity index (χ1) is 19.3. The fourth-order valence-electron chi connectivity index (χ4n) is 3.80. The van der Waals surface area contributed by atoms with E-state index in [4.69, 9.17) is 23.7 Å². The van der Waals surface area contributed by atoms with Gasteiger partial charge in [-0.25, -0.2) is 14.4 Å². The molecule has 8 heteroatoms. The van der Waals surface area contributed by atoms with Crippen LogP contribution in [0.1, 0.15) is 64.8 Å². The third kappa shape index (κ3) is 7.96. The van der Waals surface area contributed by atoms with Gasteiger partial charge < -0.3 is 23.7 Å². The van der Waals surface area contributed by atoms with Crippen molar-refractivity contribution in [3.05, 3.63) is 95.6 Å². The fourth-order valence-corrected chi connectivity index (χ4v) is 3.80. The zero-order valence-corrected chi connectivity index (χ0v) is 22.6. The largest absolute Gasteiger partial charge is 0.493 e. The summed E-state index contributed by atoms with van der Waals surface area (Å²) in [6.45, 7) is 5.80. The number of carbonyl (C=O) groups excluding carboxylic acids is 3. The van der Waals surface area contributed by atoms with Gasteiger partial charge in [0.1, 0.15) is 11.5 Å². The maximum atomic E-state index is 12.7. The lowest BCUT2D eigenvalue weighted by Crippen LogP contribution is -2.11. The maximum absolute atomic E-state index is 12.7. The number of ether oxygens (including phenoxy) is 5. The first-order valence-corrected chi connectivity index (χ1v) is 13.1. The van der Waals surface area contributed by atoms with Gasteiger partial charge in [0, 0.05) is 5.57 Å². The Morgan fingerprint density at radius 3 is 1.95 bits per heavy atom. The minimum Gasteiger partial charge on any atom is -0.493 e. The van der Waals surface area contributed by atoms with Crippen molar-refractivity contribution in [3.63, 3.8) is 0 Å². The van der Waals surface area contributed by atoms with Crippen molar-refractivity contribution in [2.45, 2.75) is 38.5 Å². The summed E-state index contributed by atoms with van der Waals surface area (Å²) in [6.07, 6.45) is 3.72. The van der Waals surface area contributed by atoms with Gasteiger partial charge in [0.2, 0.25) is 0 Å².